The maximum Gasteiger partial charge on any atom is 0.170 e. The fourth-order valence-electron chi connectivity index (χ4n) is 2.21. The van der Waals surface area contributed by atoms with Crippen molar-refractivity contribution in [1.82, 2.24) is 9.55 Å². The van der Waals surface area contributed by atoms with Gasteiger partial charge in [0.25, 0.3) is 0 Å². The van der Waals surface area contributed by atoms with Gasteiger partial charge in [0.1, 0.15) is 0 Å². The van der Waals surface area contributed by atoms with Gasteiger partial charge in [-0.3, -0.25) is 0 Å². The van der Waals surface area contributed by atoms with E-state index in [9.17, 15) is 0 Å². The zero-order chi connectivity index (χ0) is 14.7. The molecule has 3 nitrogen and oxygen atoms in total. The summed E-state index contributed by atoms with van der Waals surface area (Å²) in [6, 6.07) is 18.1. The summed E-state index contributed by atoms with van der Waals surface area (Å²) in [4.78, 5) is 4.60. The van der Waals surface area contributed by atoms with Gasteiger partial charge in [0.2, 0.25) is 0 Å². The van der Waals surface area contributed by atoms with Crippen molar-refractivity contribution >= 4 is 34.4 Å². The molecule has 3 aromatic rings. The second kappa shape index (κ2) is 6.21. The number of nitriles is 1. The summed E-state index contributed by atoms with van der Waals surface area (Å²) in [7, 11) is 0. The van der Waals surface area contributed by atoms with Crippen molar-refractivity contribution in [3.63, 3.8) is 0 Å². The quantitative estimate of drug-likeness (QED) is 0.672. The maximum atomic E-state index is 8.80. The Kier molecular flexibility index (Phi) is 4.14. The van der Waals surface area contributed by atoms with Crippen LogP contribution in [0.25, 0.3) is 11.0 Å². The van der Waals surface area contributed by atoms with Crippen LogP contribution in [0.1, 0.15) is 5.56 Å². The second-order valence-corrected chi connectivity index (χ2v) is 5.92. The van der Waals surface area contributed by atoms with Gasteiger partial charge in [-0.05, 0) is 23.8 Å². The number of rotatable bonds is 4. The van der Waals surface area contributed by atoms with Gasteiger partial charge in [-0.15, -0.1) is 0 Å². The van der Waals surface area contributed by atoms with E-state index in [1.165, 1.54) is 17.3 Å². The number of imidazole rings is 1. The summed E-state index contributed by atoms with van der Waals surface area (Å²) in [6.07, 6.45) is 0. The molecule has 1 heterocycles. The van der Waals surface area contributed by atoms with E-state index in [1.54, 1.807) is 0 Å². The molecule has 3 rings (SSSR count). The molecule has 2 aromatic carbocycles. The van der Waals surface area contributed by atoms with Crippen molar-refractivity contribution in [1.29, 1.82) is 5.26 Å². The Morgan fingerprint density at radius 3 is 2.76 bits per heavy atom. The molecule has 0 aliphatic heterocycles. The lowest BCUT2D eigenvalue weighted by Crippen LogP contribution is -2.01. The monoisotopic (exact) mass is 313 g/mol. The van der Waals surface area contributed by atoms with Crippen LogP contribution in [-0.2, 0) is 6.54 Å². The first-order valence-corrected chi connectivity index (χ1v) is 7.84. The minimum Gasteiger partial charge on any atom is -0.314 e. The van der Waals surface area contributed by atoms with Gasteiger partial charge in [-0.1, -0.05) is 53.7 Å². The molecule has 0 N–H and O–H groups in total. The first kappa shape index (κ1) is 14.0. The largest absolute Gasteiger partial charge is 0.314 e. The van der Waals surface area contributed by atoms with Crippen LogP contribution < -0.4 is 0 Å². The smallest absolute Gasteiger partial charge is 0.170 e. The van der Waals surface area contributed by atoms with Crippen molar-refractivity contribution in [3.05, 3.63) is 59.1 Å². The normalized spacial score (nSPS) is 10.7. The molecule has 0 saturated heterocycles. The molecule has 0 fully saturated rings. The van der Waals surface area contributed by atoms with Crippen LogP contribution in [0.15, 0.2) is 53.7 Å². The second-order valence-electron chi connectivity index (χ2n) is 4.55. The Bertz CT molecular complexity index is 805. The van der Waals surface area contributed by atoms with Gasteiger partial charge < -0.3 is 4.57 Å². The lowest BCUT2D eigenvalue weighted by molar-refractivity contribution is 0.732. The fraction of sp³-hybridized carbons (Fsp3) is 0.125. The third-order valence-corrected chi connectivity index (χ3v) is 4.20. The highest BCUT2D eigenvalue weighted by Gasteiger charge is 2.12. The first-order chi connectivity index (χ1) is 10.3. The highest BCUT2D eigenvalue weighted by molar-refractivity contribution is 7.99. The number of hydrogen-bond acceptors (Lipinski definition) is 3. The topological polar surface area (TPSA) is 41.6 Å². The zero-order valence-electron chi connectivity index (χ0n) is 11.2. The Morgan fingerprint density at radius 1 is 1.19 bits per heavy atom. The van der Waals surface area contributed by atoms with Gasteiger partial charge in [-0.2, -0.15) is 5.26 Å². The van der Waals surface area contributed by atoms with E-state index in [2.05, 4.69) is 27.8 Å². The number of hydrogen-bond donors (Lipinski definition) is 0. The third kappa shape index (κ3) is 3.05. The SMILES string of the molecule is N#CCSc1nc2cc(Cl)ccc2n1Cc1ccccc1. The summed E-state index contributed by atoms with van der Waals surface area (Å²) in [6.45, 7) is 0.729. The van der Waals surface area contributed by atoms with Crippen LogP contribution in [0.2, 0.25) is 5.02 Å². The van der Waals surface area contributed by atoms with Gasteiger partial charge in [0.05, 0.1) is 29.4 Å². The van der Waals surface area contributed by atoms with E-state index >= 15 is 0 Å². The minimum atomic E-state index is 0.381. The molecule has 0 atom stereocenters. The lowest BCUT2D eigenvalue weighted by atomic mass is 10.2. The van der Waals surface area contributed by atoms with Gasteiger partial charge in [0.15, 0.2) is 5.16 Å². The summed E-state index contributed by atoms with van der Waals surface area (Å²) < 4.78 is 2.13. The highest BCUT2D eigenvalue weighted by atomic mass is 35.5. The summed E-state index contributed by atoms with van der Waals surface area (Å²) in [5.41, 5.74) is 3.09. The van der Waals surface area contributed by atoms with Crippen LogP contribution in [0.3, 0.4) is 0 Å². The molecular weight excluding hydrogens is 302 g/mol. The van der Waals surface area contributed by atoms with Crippen LogP contribution in [0.5, 0.6) is 0 Å². The molecule has 0 amide bonds. The van der Waals surface area contributed by atoms with Crippen LogP contribution in [0, 0.1) is 11.3 Å². The Balaban J connectivity index is 2.07. The molecule has 1 aromatic heterocycles. The van der Waals surface area contributed by atoms with Crippen molar-refractivity contribution in [2.45, 2.75) is 11.7 Å². The summed E-state index contributed by atoms with van der Waals surface area (Å²) in [5, 5.41) is 10.3. The highest BCUT2D eigenvalue weighted by Crippen LogP contribution is 2.27. The van der Waals surface area contributed by atoms with E-state index in [-0.39, 0.29) is 0 Å². The number of fused-ring (bicyclic) bond motifs is 1. The van der Waals surface area contributed by atoms with Crippen molar-refractivity contribution < 1.29 is 0 Å². The molecule has 0 unspecified atom stereocenters. The molecule has 0 aliphatic carbocycles. The van der Waals surface area contributed by atoms with Crippen molar-refractivity contribution in [2.24, 2.45) is 0 Å². The van der Waals surface area contributed by atoms with E-state index in [0.717, 1.165) is 22.7 Å². The molecule has 0 saturated carbocycles. The van der Waals surface area contributed by atoms with Gasteiger partial charge in [0, 0.05) is 5.02 Å². The van der Waals surface area contributed by atoms with Crippen molar-refractivity contribution in [3.8, 4) is 6.07 Å². The summed E-state index contributed by atoms with van der Waals surface area (Å²) >= 11 is 7.48. The van der Waals surface area contributed by atoms with Crippen LogP contribution >= 0.6 is 23.4 Å². The first-order valence-electron chi connectivity index (χ1n) is 6.47. The van der Waals surface area contributed by atoms with Gasteiger partial charge >= 0.3 is 0 Å². The van der Waals surface area contributed by atoms with Crippen LogP contribution in [-0.4, -0.2) is 15.3 Å². The molecule has 0 spiro atoms. The Morgan fingerprint density at radius 2 is 2.00 bits per heavy atom. The number of nitrogens with zero attached hydrogens (tertiary/aromatic N) is 3. The van der Waals surface area contributed by atoms with E-state index in [4.69, 9.17) is 16.9 Å². The van der Waals surface area contributed by atoms with Crippen molar-refractivity contribution in [2.75, 3.05) is 5.75 Å². The third-order valence-electron chi connectivity index (χ3n) is 3.12. The van der Waals surface area contributed by atoms with E-state index in [0.29, 0.717) is 10.8 Å². The Labute approximate surface area is 132 Å². The molecule has 104 valence electrons. The van der Waals surface area contributed by atoms with Crippen LogP contribution in [0.4, 0.5) is 0 Å². The molecule has 5 heteroatoms. The molecular formula is C16H12ClN3S. The number of aromatic nitrogens is 2. The average molecular weight is 314 g/mol. The Hall–Kier alpha value is -1.96. The van der Waals surface area contributed by atoms with E-state index in [1.807, 2.05) is 36.4 Å². The van der Waals surface area contributed by atoms with Gasteiger partial charge in [-0.25, -0.2) is 4.98 Å². The zero-order valence-corrected chi connectivity index (χ0v) is 12.7. The minimum absolute atomic E-state index is 0.381. The summed E-state index contributed by atoms with van der Waals surface area (Å²) in [5.74, 6) is 0.381. The standard InChI is InChI=1S/C16H12ClN3S/c17-13-6-7-15-14(10-13)19-16(21-9-8-18)20(15)11-12-4-2-1-3-5-12/h1-7,10H,9,11H2. The van der Waals surface area contributed by atoms with E-state index < -0.39 is 0 Å². The molecule has 0 radical (unpaired) electrons. The fourth-order valence-corrected chi connectivity index (χ4v) is 3.05. The molecule has 21 heavy (non-hydrogen) atoms. The molecule has 0 aliphatic rings. The number of halogens is 1. The lowest BCUT2D eigenvalue weighted by Gasteiger charge is -2.08. The average Bonchev–Trinajstić information content (AvgIpc) is 2.83. The predicted octanol–water partition coefficient (Wildman–Crippen LogP) is 4.35. The number of benzene rings is 2. The molecule has 0 bridgehead atoms. The number of thioether (sulfide) groups is 1. The predicted molar refractivity (Wildman–Crippen MR) is 86.6 cm³/mol. The maximum absolute atomic E-state index is 8.80.